The van der Waals surface area contributed by atoms with Gasteiger partial charge >= 0.3 is 0 Å². The van der Waals surface area contributed by atoms with Gasteiger partial charge in [0, 0.05) is 25.9 Å². The van der Waals surface area contributed by atoms with Gasteiger partial charge in [-0.3, -0.25) is 9.48 Å². The zero-order valence-corrected chi connectivity index (χ0v) is 16.1. The first kappa shape index (κ1) is 18.3. The van der Waals surface area contributed by atoms with Crippen molar-refractivity contribution >= 4 is 5.91 Å². The average Bonchev–Trinajstić information content (AvgIpc) is 3.37. The molecule has 0 unspecified atom stereocenters. The quantitative estimate of drug-likeness (QED) is 0.627. The number of hydrogen-bond donors (Lipinski definition) is 0. The van der Waals surface area contributed by atoms with E-state index in [0.717, 1.165) is 30.9 Å². The molecule has 8 heteroatoms. The molecule has 0 N–H and O–H groups in total. The van der Waals surface area contributed by atoms with Gasteiger partial charge in [-0.05, 0) is 25.3 Å². The molecule has 0 fully saturated rings. The Morgan fingerprint density at radius 2 is 2.04 bits per heavy atom. The van der Waals surface area contributed by atoms with E-state index in [-0.39, 0.29) is 11.9 Å². The minimum atomic E-state index is 0.159. The maximum absolute atomic E-state index is 12.6. The lowest BCUT2D eigenvalue weighted by atomic mass is 10.1. The molecule has 3 aromatic rings. The van der Waals surface area contributed by atoms with E-state index >= 15 is 0 Å². The summed E-state index contributed by atoms with van der Waals surface area (Å²) in [7, 11) is 0. The third kappa shape index (κ3) is 4.11. The molecular weight excluding hydrogens is 354 g/mol. The molecule has 0 radical (unpaired) electrons. The van der Waals surface area contributed by atoms with E-state index in [1.165, 1.54) is 11.9 Å². The fraction of sp³-hybridized carbons (Fsp3) is 0.450. The summed E-state index contributed by atoms with van der Waals surface area (Å²) in [4.78, 5) is 18.4. The van der Waals surface area contributed by atoms with Crippen LogP contribution in [-0.2, 0) is 30.7 Å². The summed E-state index contributed by atoms with van der Waals surface area (Å²) >= 11 is 0. The van der Waals surface area contributed by atoms with Gasteiger partial charge in [0.1, 0.15) is 18.5 Å². The van der Waals surface area contributed by atoms with E-state index in [4.69, 9.17) is 0 Å². The summed E-state index contributed by atoms with van der Waals surface area (Å²) in [5.41, 5.74) is 1.30. The second kappa shape index (κ2) is 8.33. The van der Waals surface area contributed by atoms with Gasteiger partial charge in [0.15, 0.2) is 5.82 Å². The molecule has 146 valence electrons. The third-order valence-corrected chi connectivity index (χ3v) is 5.17. The molecule has 1 amide bonds. The normalized spacial score (nSPS) is 16.2. The monoisotopic (exact) mass is 379 g/mol. The Bertz CT molecular complexity index is 904. The highest BCUT2D eigenvalue weighted by atomic mass is 16.2. The highest BCUT2D eigenvalue weighted by molar-refractivity contribution is 5.76. The minimum Gasteiger partial charge on any atom is -0.333 e. The molecule has 1 aliphatic rings. The van der Waals surface area contributed by atoms with Gasteiger partial charge < -0.3 is 9.47 Å². The summed E-state index contributed by atoms with van der Waals surface area (Å²) in [5.74, 6) is 2.04. The third-order valence-electron chi connectivity index (χ3n) is 5.17. The number of carbonyl (C=O) groups excluding carboxylic acids is 1. The van der Waals surface area contributed by atoms with Crippen LogP contribution in [0.5, 0.6) is 0 Å². The maximum atomic E-state index is 12.6. The highest BCUT2D eigenvalue weighted by Gasteiger charge is 2.28. The first-order valence-corrected chi connectivity index (χ1v) is 9.77. The lowest BCUT2D eigenvalue weighted by molar-refractivity contribution is -0.133. The van der Waals surface area contributed by atoms with Crippen molar-refractivity contribution in [2.75, 3.05) is 6.54 Å². The molecule has 0 spiro atoms. The number of aryl methyl sites for hydroxylation is 3. The lowest BCUT2D eigenvalue weighted by Gasteiger charge is -2.32. The number of amides is 1. The molecule has 0 saturated heterocycles. The van der Waals surface area contributed by atoms with Gasteiger partial charge in [-0.2, -0.15) is 5.10 Å². The Kier molecular flexibility index (Phi) is 5.45. The maximum Gasteiger partial charge on any atom is 0.223 e. The van der Waals surface area contributed by atoms with Gasteiger partial charge in [-0.15, -0.1) is 10.2 Å². The Hall–Kier alpha value is -3.03. The number of fused-ring (bicyclic) bond motifs is 1. The standard InChI is InChI=1S/C20H25N7O/c1-16-12-25(20(28)8-5-11-26-15-21-14-22-26)13-19-24-23-18(27(16)19)10-9-17-6-3-2-4-7-17/h2-4,6-7,14-16H,5,8-13H2,1H3/t16-/m0/s1. The zero-order chi connectivity index (χ0) is 19.3. The van der Waals surface area contributed by atoms with Crippen LogP contribution in [0.15, 0.2) is 43.0 Å². The average molecular weight is 379 g/mol. The van der Waals surface area contributed by atoms with Crippen molar-refractivity contribution in [1.29, 1.82) is 0 Å². The van der Waals surface area contributed by atoms with E-state index in [1.54, 1.807) is 11.0 Å². The van der Waals surface area contributed by atoms with Crippen molar-refractivity contribution in [3.63, 3.8) is 0 Å². The molecule has 3 heterocycles. The van der Waals surface area contributed by atoms with E-state index in [1.807, 2.05) is 11.0 Å². The molecule has 0 saturated carbocycles. The van der Waals surface area contributed by atoms with E-state index in [9.17, 15) is 4.79 Å². The number of hydrogen-bond acceptors (Lipinski definition) is 5. The van der Waals surface area contributed by atoms with E-state index in [0.29, 0.717) is 26.1 Å². The van der Waals surface area contributed by atoms with Crippen LogP contribution in [0.4, 0.5) is 0 Å². The Morgan fingerprint density at radius 1 is 1.18 bits per heavy atom. The van der Waals surface area contributed by atoms with Crippen molar-refractivity contribution < 1.29 is 4.79 Å². The minimum absolute atomic E-state index is 0.159. The summed E-state index contributed by atoms with van der Waals surface area (Å²) in [5, 5.41) is 12.8. The number of aromatic nitrogens is 6. The molecule has 1 atom stereocenters. The van der Waals surface area contributed by atoms with Crippen molar-refractivity contribution in [1.82, 2.24) is 34.4 Å². The van der Waals surface area contributed by atoms with Crippen LogP contribution in [0.25, 0.3) is 0 Å². The van der Waals surface area contributed by atoms with Crippen LogP contribution in [0.2, 0.25) is 0 Å². The summed E-state index contributed by atoms with van der Waals surface area (Å²) in [6.07, 6.45) is 6.23. The predicted octanol–water partition coefficient (Wildman–Crippen LogP) is 2.04. The summed E-state index contributed by atoms with van der Waals surface area (Å²) in [6.45, 7) is 4.07. The topological polar surface area (TPSA) is 81.7 Å². The largest absolute Gasteiger partial charge is 0.333 e. The van der Waals surface area contributed by atoms with Gasteiger partial charge in [-0.25, -0.2) is 4.98 Å². The Labute approximate surface area is 164 Å². The van der Waals surface area contributed by atoms with Crippen molar-refractivity contribution in [2.45, 2.75) is 51.7 Å². The molecule has 8 nitrogen and oxygen atoms in total. The van der Waals surface area contributed by atoms with Gasteiger partial charge in [0.05, 0.1) is 12.6 Å². The number of benzene rings is 1. The fourth-order valence-corrected chi connectivity index (χ4v) is 3.77. The smallest absolute Gasteiger partial charge is 0.223 e. The zero-order valence-electron chi connectivity index (χ0n) is 16.1. The SMILES string of the molecule is C[C@H]1CN(C(=O)CCCn2cncn2)Cc2nnc(CCc3ccccc3)n21. The molecule has 28 heavy (non-hydrogen) atoms. The van der Waals surface area contributed by atoms with Crippen LogP contribution < -0.4 is 0 Å². The van der Waals surface area contributed by atoms with Crippen molar-refractivity contribution in [3.05, 3.63) is 60.2 Å². The van der Waals surface area contributed by atoms with Gasteiger partial charge in [0.2, 0.25) is 5.91 Å². The van der Waals surface area contributed by atoms with Crippen LogP contribution in [0, 0.1) is 0 Å². The van der Waals surface area contributed by atoms with E-state index < -0.39 is 0 Å². The molecule has 1 aromatic carbocycles. The molecule has 1 aliphatic heterocycles. The van der Waals surface area contributed by atoms with Crippen LogP contribution in [-0.4, -0.2) is 46.9 Å². The van der Waals surface area contributed by atoms with Crippen LogP contribution in [0.1, 0.15) is 43.0 Å². The van der Waals surface area contributed by atoms with Crippen LogP contribution in [0.3, 0.4) is 0 Å². The Balaban J connectivity index is 1.34. The van der Waals surface area contributed by atoms with Gasteiger partial charge in [0.25, 0.3) is 0 Å². The number of carbonyl (C=O) groups is 1. The Morgan fingerprint density at radius 3 is 2.82 bits per heavy atom. The molecule has 2 aromatic heterocycles. The predicted molar refractivity (Wildman–Crippen MR) is 103 cm³/mol. The summed E-state index contributed by atoms with van der Waals surface area (Å²) in [6, 6.07) is 10.6. The number of nitrogens with zero attached hydrogens (tertiary/aromatic N) is 7. The highest BCUT2D eigenvalue weighted by Crippen LogP contribution is 2.23. The van der Waals surface area contributed by atoms with Gasteiger partial charge in [-0.1, -0.05) is 30.3 Å². The summed E-state index contributed by atoms with van der Waals surface area (Å²) < 4.78 is 3.96. The van der Waals surface area contributed by atoms with Crippen LogP contribution >= 0.6 is 0 Å². The van der Waals surface area contributed by atoms with E-state index in [2.05, 4.69) is 56.0 Å². The first-order valence-electron chi connectivity index (χ1n) is 9.77. The molecule has 0 bridgehead atoms. The van der Waals surface area contributed by atoms with Crippen molar-refractivity contribution in [3.8, 4) is 0 Å². The molecule has 0 aliphatic carbocycles. The lowest BCUT2D eigenvalue weighted by Crippen LogP contribution is -2.40. The first-order chi connectivity index (χ1) is 13.7. The second-order valence-corrected chi connectivity index (χ2v) is 7.27. The number of rotatable bonds is 7. The fourth-order valence-electron chi connectivity index (χ4n) is 3.77. The second-order valence-electron chi connectivity index (χ2n) is 7.27. The molecule has 4 rings (SSSR count). The van der Waals surface area contributed by atoms with Crippen molar-refractivity contribution in [2.24, 2.45) is 0 Å². The molecular formula is C20H25N7O.